The standard InChI is InChI=1S/C28H24N2O4/c1-30(20-10-3-2-4-11-20)25(31)18-34-28(32)26-22-13-5-6-15-24(22)29-27-19(9-7-14-23(26)27)17-21-12-8-16-33-21/h2-6,8,10-13,15-17H,7,9,14,18H2,1H3/b19-17+. The lowest BCUT2D eigenvalue weighted by atomic mass is 9.86. The van der Waals surface area contributed by atoms with E-state index in [1.54, 1.807) is 13.3 Å². The number of fused-ring (bicyclic) bond motifs is 2. The van der Waals surface area contributed by atoms with E-state index in [0.29, 0.717) is 17.5 Å². The van der Waals surface area contributed by atoms with E-state index in [2.05, 4.69) is 0 Å². The van der Waals surface area contributed by atoms with Gasteiger partial charge in [-0.3, -0.25) is 4.79 Å². The Hall–Kier alpha value is -4.19. The molecule has 0 saturated heterocycles. The molecular weight excluding hydrogens is 428 g/mol. The van der Waals surface area contributed by atoms with Crippen LogP contribution in [0.2, 0.25) is 0 Å². The summed E-state index contributed by atoms with van der Waals surface area (Å²) in [6.07, 6.45) is 6.05. The van der Waals surface area contributed by atoms with Crippen LogP contribution in [0, 0.1) is 0 Å². The minimum Gasteiger partial charge on any atom is -0.465 e. The second-order valence-electron chi connectivity index (χ2n) is 8.23. The second-order valence-corrected chi connectivity index (χ2v) is 8.23. The number of allylic oxidation sites excluding steroid dienone is 1. The molecule has 0 saturated carbocycles. The van der Waals surface area contributed by atoms with Crippen LogP contribution in [0.15, 0.2) is 77.4 Å². The van der Waals surface area contributed by atoms with Gasteiger partial charge in [0.05, 0.1) is 23.0 Å². The van der Waals surface area contributed by atoms with E-state index in [1.165, 1.54) is 4.90 Å². The molecule has 0 atom stereocenters. The topological polar surface area (TPSA) is 72.6 Å². The van der Waals surface area contributed by atoms with Crippen LogP contribution in [0.3, 0.4) is 0 Å². The van der Waals surface area contributed by atoms with Crippen molar-refractivity contribution in [2.45, 2.75) is 19.3 Å². The van der Waals surface area contributed by atoms with E-state index in [1.807, 2.05) is 72.8 Å². The summed E-state index contributed by atoms with van der Waals surface area (Å²) in [4.78, 5) is 32.4. The molecule has 1 amide bonds. The maximum absolute atomic E-state index is 13.4. The Balaban J connectivity index is 1.48. The number of hydrogen-bond donors (Lipinski definition) is 0. The van der Waals surface area contributed by atoms with Crippen LogP contribution in [0.1, 0.15) is 40.2 Å². The van der Waals surface area contributed by atoms with E-state index >= 15 is 0 Å². The minimum absolute atomic E-state index is 0.301. The summed E-state index contributed by atoms with van der Waals surface area (Å²) in [5.74, 6) is -0.0643. The van der Waals surface area contributed by atoms with Crippen LogP contribution >= 0.6 is 0 Å². The number of likely N-dealkylation sites (N-methyl/N-ethyl adjacent to an activating group) is 1. The summed E-state index contributed by atoms with van der Waals surface area (Å²) < 4.78 is 11.1. The zero-order valence-electron chi connectivity index (χ0n) is 18.9. The van der Waals surface area contributed by atoms with Crippen LogP contribution < -0.4 is 4.90 Å². The van der Waals surface area contributed by atoms with E-state index in [9.17, 15) is 9.59 Å². The SMILES string of the molecule is CN(C(=O)COC(=O)c1c2c(nc3ccccc13)/C(=C/c1ccco1)CCC2)c1ccccc1. The Bertz CT molecular complexity index is 1370. The fourth-order valence-corrected chi connectivity index (χ4v) is 4.35. The lowest BCUT2D eigenvalue weighted by Crippen LogP contribution is -2.31. The number of amides is 1. The van der Waals surface area contributed by atoms with Crippen molar-refractivity contribution in [2.75, 3.05) is 18.6 Å². The van der Waals surface area contributed by atoms with Crippen LogP contribution in [0.4, 0.5) is 5.69 Å². The normalized spacial score (nSPS) is 14.1. The average molecular weight is 453 g/mol. The molecule has 0 unspecified atom stereocenters. The van der Waals surface area contributed by atoms with Crippen molar-refractivity contribution in [1.82, 2.24) is 4.98 Å². The lowest BCUT2D eigenvalue weighted by molar-refractivity contribution is -0.121. The Morgan fingerprint density at radius 2 is 1.82 bits per heavy atom. The largest absolute Gasteiger partial charge is 0.465 e. The molecule has 6 heteroatoms. The number of para-hydroxylation sites is 2. The Morgan fingerprint density at radius 3 is 2.62 bits per heavy atom. The molecule has 0 spiro atoms. The molecule has 0 fully saturated rings. The first-order chi connectivity index (χ1) is 16.6. The van der Waals surface area contributed by atoms with E-state index in [4.69, 9.17) is 14.1 Å². The third-order valence-electron chi connectivity index (χ3n) is 6.08. The van der Waals surface area contributed by atoms with Crippen molar-refractivity contribution in [3.8, 4) is 0 Å². The molecule has 5 rings (SSSR count). The molecular formula is C28H24N2O4. The Kier molecular flexibility index (Phi) is 5.95. The molecule has 6 nitrogen and oxygen atoms in total. The van der Waals surface area contributed by atoms with Crippen molar-refractivity contribution in [1.29, 1.82) is 0 Å². The zero-order valence-corrected chi connectivity index (χ0v) is 18.9. The van der Waals surface area contributed by atoms with Crippen LogP contribution in [-0.4, -0.2) is 30.5 Å². The highest BCUT2D eigenvalue weighted by atomic mass is 16.5. The number of benzene rings is 2. The second kappa shape index (κ2) is 9.35. The van der Waals surface area contributed by atoms with Crippen LogP contribution in [-0.2, 0) is 16.0 Å². The number of hydrogen-bond acceptors (Lipinski definition) is 5. The summed E-state index contributed by atoms with van der Waals surface area (Å²) in [5, 5.41) is 0.731. The molecule has 0 N–H and O–H groups in total. The molecule has 2 aromatic carbocycles. The number of anilines is 1. The van der Waals surface area contributed by atoms with Gasteiger partial charge in [-0.05, 0) is 66.8 Å². The van der Waals surface area contributed by atoms with Crippen molar-refractivity contribution < 1.29 is 18.7 Å². The third kappa shape index (κ3) is 4.22. The first-order valence-corrected chi connectivity index (χ1v) is 11.3. The maximum atomic E-state index is 13.4. The van der Waals surface area contributed by atoms with Crippen molar-refractivity contribution in [3.05, 3.63) is 95.6 Å². The number of pyridine rings is 1. The number of aromatic nitrogens is 1. The molecule has 170 valence electrons. The predicted octanol–water partition coefficient (Wildman–Crippen LogP) is 5.52. The van der Waals surface area contributed by atoms with Gasteiger partial charge in [0.1, 0.15) is 5.76 Å². The lowest BCUT2D eigenvalue weighted by Gasteiger charge is -2.22. The Labute approximate surface area is 197 Å². The first-order valence-electron chi connectivity index (χ1n) is 11.3. The van der Waals surface area contributed by atoms with Crippen molar-refractivity contribution in [2.24, 2.45) is 0 Å². The number of carbonyl (C=O) groups excluding carboxylic acids is 2. The van der Waals surface area contributed by atoms with Crippen molar-refractivity contribution >= 4 is 40.1 Å². The van der Waals surface area contributed by atoms with Crippen LogP contribution in [0.25, 0.3) is 22.6 Å². The fourth-order valence-electron chi connectivity index (χ4n) is 4.35. The van der Waals surface area contributed by atoms with Gasteiger partial charge in [-0.1, -0.05) is 36.4 Å². The molecule has 4 aromatic rings. The number of nitrogens with zero attached hydrogens (tertiary/aromatic N) is 2. The fraction of sp³-hybridized carbons (Fsp3) is 0.179. The van der Waals surface area contributed by atoms with Gasteiger partial charge in [0, 0.05) is 18.1 Å². The predicted molar refractivity (Wildman–Crippen MR) is 131 cm³/mol. The molecule has 0 bridgehead atoms. The highest BCUT2D eigenvalue weighted by molar-refractivity contribution is 6.07. The minimum atomic E-state index is -0.510. The molecule has 34 heavy (non-hydrogen) atoms. The monoisotopic (exact) mass is 452 g/mol. The van der Waals surface area contributed by atoms with Gasteiger partial charge in [0.2, 0.25) is 0 Å². The van der Waals surface area contributed by atoms with Gasteiger partial charge in [-0.2, -0.15) is 0 Å². The molecule has 1 aliphatic carbocycles. The summed E-state index contributed by atoms with van der Waals surface area (Å²) in [6, 6.07) is 20.5. The van der Waals surface area contributed by atoms with Gasteiger partial charge in [0.25, 0.3) is 5.91 Å². The van der Waals surface area contributed by atoms with E-state index in [-0.39, 0.29) is 12.5 Å². The number of rotatable bonds is 5. The molecule has 0 radical (unpaired) electrons. The highest BCUT2D eigenvalue weighted by Crippen LogP contribution is 2.36. The average Bonchev–Trinajstić information content (AvgIpc) is 3.39. The summed E-state index contributed by atoms with van der Waals surface area (Å²) >= 11 is 0. The molecule has 0 aliphatic heterocycles. The van der Waals surface area contributed by atoms with Gasteiger partial charge in [0.15, 0.2) is 6.61 Å². The van der Waals surface area contributed by atoms with Gasteiger partial charge in [-0.15, -0.1) is 0 Å². The highest BCUT2D eigenvalue weighted by Gasteiger charge is 2.27. The Morgan fingerprint density at radius 1 is 1.03 bits per heavy atom. The third-order valence-corrected chi connectivity index (χ3v) is 6.08. The van der Waals surface area contributed by atoms with Gasteiger partial charge < -0.3 is 14.1 Å². The van der Waals surface area contributed by atoms with Crippen molar-refractivity contribution in [3.63, 3.8) is 0 Å². The summed E-state index contributed by atoms with van der Waals surface area (Å²) in [7, 11) is 1.67. The van der Waals surface area contributed by atoms with E-state index in [0.717, 1.165) is 46.5 Å². The van der Waals surface area contributed by atoms with Gasteiger partial charge >= 0.3 is 5.97 Å². The van der Waals surface area contributed by atoms with Crippen LogP contribution in [0.5, 0.6) is 0 Å². The molecule has 2 heterocycles. The summed E-state index contributed by atoms with van der Waals surface area (Å²) in [6.45, 7) is -0.343. The molecule has 1 aliphatic rings. The van der Waals surface area contributed by atoms with Gasteiger partial charge in [-0.25, -0.2) is 9.78 Å². The first kappa shape index (κ1) is 21.6. The summed E-state index contributed by atoms with van der Waals surface area (Å²) in [5.41, 5.74) is 4.62. The van der Waals surface area contributed by atoms with E-state index < -0.39 is 5.97 Å². The number of carbonyl (C=O) groups is 2. The molecule has 2 aromatic heterocycles. The smallest absolute Gasteiger partial charge is 0.339 e. The zero-order chi connectivity index (χ0) is 23.5. The maximum Gasteiger partial charge on any atom is 0.339 e. The number of furan rings is 1. The number of ether oxygens (including phenoxy) is 1. The quantitative estimate of drug-likeness (QED) is 0.373. The number of esters is 1.